The molecule has 60 valence electrons. The smallest absolute Gasteiger partial charge is 0.169 e. The van der Waals surface area contributed by atoms with E-state index in [1.807, 2.05) is 5.43 Å². The molecule has 1 aromatic carbocycles. The third-order valence-corrected chi connectivity index (χ3v) is 1.54. The van der Waals surface area contributed by atoms with Gasteiger partial charge in [0.1, 0.15) is 10.8 Å². The Kier molecular flexibility index (Phi) is 2.26. The summed E-state index contributed by atoms with van der Waals surface area (Å²) in [6, 6.07) is 2.19. The normalized spacial score (nSPS) is 9.82. The van der Waals surface area contributed by atoms with Gasteiger partial charge in [-0.25, -0.2) is 8.78 Å². The summed E-state index contributed by atoms with van der Waals surface area (Å²) in [5.41, 5.74) is 2.01. The minimum Gasteiger partial charge on any atom is -0.321 e. The lowest BCUT2D eigenvalue weighted by atomic mass is 10.3. The standard InChI is InChI=1S/C6H5ClF2N2/c7-5-3(8)1-2-4(11-10)6(5)9/h1-2,11H,10H2. The van der Waals surface area contributed by atoms with E-state index < -0.39 is 16.7 Å². The summed E-state index contributed by atoms with van der Waals surface area (Å²) in [4.78, 5) is 0. The summed E-state index contributed by atoms with van der Waals surface area (Å²) in [7, 11) is 0. The van der Waals surface area contributed by atoms with E-state index in [1.54, 1.807) is 0 Å². The zero-order chi connectivity index (χ0) is 8.43. The maximum atomic E-state index is 12.7. The van der Waals surface area contributed by atoms with Crippen LogP contribution in [0.3, 0.4) is 0 Å². The summed E-state index contributed by atoms with van der Waals surface area (Å²) in [5.74, 6) is 3.22. The van der Waals surface area contributed by atoms with Gasteiger partial charge in [-0.3, -0.25) is 5.84 Å². The molecule has 0 aromatic heterocycles. The number of nitrogen functional groups attached to an aromatic ring is 1. The van der Waals surface area contributed by atoms with Gasteiger partial charge in [-0.2, -0.15) is 0 Å². The molecule has 0 aliphatic rings. The molecule has 0 aliphatic carbocycles. The van der Waals surface area contributed by atoms with E-state index in [9.17, 15) is 8.78 Å². The Balaban J connectivity index is 3.25. The molecule has 11 heavy (non-hydrogen) atoms. The van der Waals surface area contributed by atoms with Gasteiger partial charge in [0.25, 0.3) is 0 Å². The van der Waals surface area contributed by atoms with Crippen molar-refractivity contribution in [1.29, 1.82) is 0 Å². The van der Waals surface area contributed by atoms with Crippen LogP contribution in [0.25, 0.3) is 0 Å². The van der Waals surface area contributed by atoms with Crippen molar-refractivity contribution in [2.45, 2.75) is 0 Å². The van der Waals surface area contributed by atoms with Crippen LogP contribution in [0.4, 0.5) is 14.5 Å². The fourth-order valence-corrected chi connectivity index (χ4v) is 0.802. The highest BCUT2D eigenvalue weighted by Crippen LogP contribution is 2.24. The Morgan fingerprint density at radius 3 is 2.55 bits per heavy atom. The van der Waals surface area contributed by atoms with Crippen LogP contribution in [0.2, 0.25) is 5.02 Å². The van der Waals surface area contributed by atoms with Crippen LogP contribution in [-0.2, 0) is 0 Å². The van der Waals surface area contributed by atoms with Crippen LogP contribution >= 0.6 is 11.6 Å². The highest BCUT2D eigenvalue weighted by atomic mass is 35.5. The van der Waals surface area contributed by atoms with Gasteiger partial charge in [0, 0.05) is 0 Å². The average Bonchev–Trinajstić information content (AvgIpc) is 2.01. The van der Waals surface area contributed by atoms with Gasteiger partial charge in [-0.15, -0.1) is 0 Å². The summed E-state index contributed by atoms with van der Waals surface area (Å²) in [5, 5.41) is -0.555. The molecule has 0 radical (unpaired) electrons. The fourth-order valence-electron chi connectivity index (χ4n) is 0.637. The number of hydrogen-bond donors (Lipinski definition) is 2. The lowest BCUT2D eigenvalue weighted by Crippen LogP contribution is -2.08. The highest BCUT2D eigenvalue weighted by molar-refractivity contribution is 6.31. The van der Waals surface area contributed by atoms with Gasteiger partial charge >= 0.3 is 0 Å². The van der Waals surface area contributed by atoms with E-state index >= 15 is 0 Å². The summed E-state index contributed by atoms with van der Waals surface area (Å²) >= 11 is 5.22. The zero-order valence-corrected chi connectivity index (χ0v) is 6.12. The van der Waals surface area contributed by atoms with Gasteiger partial charge < -0.3 is 5.43 Å². The van der Waals surface area contributed by atoms with Crippen molar-refractivity contribution in [3.63, 3.8) is 0 Å². The topological polar surface area (TPSA) is 38.0 Å². The van der Waals surface area contributed by atoms with Crippen molar-refractivity contribution in [1.82, 2.24) is 0 Å². The SMILES string of the molecule is NNc1ccc(F)c(Cl)c1F. The van der Waals surface area contributed by atoms with E-state index in [0.29, 0.717) is 0 Å². The monoisotopic (exact) mass is 178 g/mol. The molecule has 0 unspecified atom stereocenters. The molecule has 0 saturated heterocycles. The van der Waals surface area contributed by atoms with Crippen LogP contribution < -0.4 is 11.3 Å². The van der Waals surface area contributed by atoms with E-state index in [1.165, 1.54) is 0 Å². The van der Waals surface area contributed by atoms with Crippen LogP contribution in [0.15, 0.2) is 12.1 Å². The second kappa shape index (κ2) is 3.02. The number of nitrogens with two attached hydrogens (primary N) is 1. The summed E-state index contributed by atoms with van der Waals surface area (Å²) in [6.45, 7) is 0. The van der Waals surface area contributed by atoms with Gasteiger partial charge in [0.05, 0.1) is 5.69 Å². The molecular formula is C6H5ClF2N2. The maximum absolute atomic E-state index is 12.7. The summed E-state index contributed by atoms with van der Waals surface area (Å²) in [6.07, 6.45) is 0. The van der Waals surface area contributed by atoms with Crippen molar-refractivity contribution >= 4 is 17.3 Å². The maximum Gasteiger partial charge on any atom is 0.169 e. The summed E-state index contributed by atoms with van der Waals surface area (Å²) < 4.78 is 25.2. The van der Waals surface area contributed by atoms with Crippen LogP contribution in [0, 0.1) is 11.6 Å². The molecular weight excluding hydrogens is 174 g/mol. The molecule has 0 aliphatic heterocycles. The lowest BCUT2D eigenvalue weighted by molar-refractivity contribution is 0.586. The van der Waals surface area contributed by atoms with Crippen LogP contribution in [0.1, 0.15) is 0 Å². The van der Waals surface area contributed by atoms with Crippen molar-refractivity contribution in [2.24, 2.45) is 5.84 Å². The molecule has 0 atom stereocenters. The Morgan fingerprint density at radius 1 is 1.36 bits per heavy atom. The quantitative estimate of drug-likeness (QED) is 0.392. The van der Waals surface area contributed by atoms with E-state index in [2.05, 4.69) is 0 Å². The Morgan fingerprint density at radius 2 is 2.00 bits per heavy atom. The second-order valence-corrected chi connectivity index (χ2v) is 2.25. The Bertz CT molecular complexity index is 278. The highest BCUT2D eigenvalue weighted by Gasteiger charge is 2.09. The third kappa shape index (κ3) is 1.41. The van der Waals surface area contributed by atoms with E-state index in [4.69, 9.17) is 17.4 Å². The number of benzene rings is 1. The molecule has 0 heterocycles. The predicted octanol–water partition coefficient (Wildman–Crippen LogP) is 1.90. The molecule has 0 fully saturated rings. The molecule has 3 N–H and O–H groups in total. The molecule has 0 saturated carbocycles. The molecule has 1 aromatic rings. The number of halogens is 3. The van der Waals surface area contributed by atoms with Crippen molar-refractivity contribution in [2.75, 3.05) is 5.43 Å². The molecule has 0 amide bonds. The predicted molar refractivity (Wildman–Crippen MR) is 39.2 cm³/mol. The van der Waals surface area contributed by atoms with Crippen LogP contribution in [-0.4, -0.2) is 0 Å². The number of hydrazine groups is 1. The van der Waals surface area contributed by atoms with Gasteiger partial charge in [-0.1, -0.05) is 11.6 Å². The average molecular weight is 179 g/mol. The molecule has 1 rings (SSSR count). The van der Waals surface area contributed by atoms with Gasteiger partial charge in [0.2, 0.25) is 0 Å². The largest absolute Gasteiger partial charge is 0.321 e. The van der Waals surface area contributed by atoms with Crippen LogP contribution in [0.5, 0.6) is 0 Å². The minimum atomic E-state index is -0.880. The second-order valence-electron chi connectivity index (χ2n) is 1.87. The zero-order valence-electron chi connectivity index (χ0n) is 5.37. The molecule has 5 heteroatoms. The molecule has 2 nitrogen and oxygen atoms in total. The van der Waals surface area contributed by atoms with E-state index in [0.717, 1.165) is 12.1 Å². The van der Waals surface area contributed by atoms with Crippen molar-refractivity contribution in [3.05, 3.63) is 28.8 Å². The minimum absolute atomic E-state index is 0.0311. The first-order chi connectivity index (χ1) is 5.16. The van der Waals surface area contributed by atoms with E-state index in [-0.39, 0.29) is 5.69 Å². The van der Waals surface area contributed by atoms with Gasteiger partial charge in [0.15, 0.2) is 5.82 Å². The number of hydrogen-bond acceptors (Lipinski definition) is 2. The lowest BCUT2D eigenvalue weighted by Gasteiger charge is -2.02. The number of rotatable bonds is 1. The first-order valence-corrected chi connectivity index (χ1v) is 3.14. The van der Waals surface area contributed by atoms with Crippen molar-refractivity contribution < 1.29 is 8.78 Å². The van der Waals surface area contributed by atoms with Crippen molar-refractivity contribution in [3.8, 4) is 0 Å². The third-order valence-electron chi connectivity index (χ3n) is 1.19. The first kappa shape index (κ1) is 8.23. The number of anilines is 1. The Labute approximate surface area is 66.9 Å². The molecule has 0 bridgehead atoms. The fraction of sp³-hybridized carbons (Fsp3) is 0. The van der Waals surface area contributed by atoms with Gasteiger partial charge in [-0.05, 0) is 12.1 Å². The first-order valence-electron chi connectivity index (χ1n) is 2.77. The number of nitrogens with one attached hydrogen (secondary N) is 1. The molecule has 0 spiro atoms. The Hall–Kier alpha value is -0.870.